The second kappa shape index (κ2) is 2.48. The Kier molecular flexibility index (Phi) is 1.92. The van der Waals surface area contributed by atoms with Crippen molar-refractivity contribution in [3.63, 3.8) is 0 Å². The van der Waals surface area contributed by atoms with E-state index < -0.39 is 17.5 Å². The predicted octanol–water partition coefficient (Wildman–Crippen LogP) is 0.868. The van der Waals surface area contributed by atoms with E-state index in [2.05, 4.69) is 0 Å². The lowest BCUT2D eigenvalue weighted by atomic mass is 9.81. The third-order valence-electron chi connectivity index (χ3n) is 2.57. The molecule has 0 aromatic heterocycles. The van der Waals surface area contributed by atoms with Gasteiger partial charge in [-0.3, -0.25) is 0 Å². The maximum atomic E-state index is 10.4. The van der Waals surface area contributed by atoms with Crippen LogP contribution in [0, 0.1) is 11.3 Å². The van der Waals surface area contributed by atoms with E-state index in [9.17, 15) is 9.90 Å². The van der Waals surface area contributed by atoms with Crippen LogP contribution in [0.5, 0.6) is 0 Å². The minimum Gasteiger partial charge on any atom is -0.479 e. The van der Waals surface area contributed by atoms with E-state index in [0.29, 0.717) is 5.92 Å². The van der Waals surface area contributed by atoms with Crippen LogP contribution in [0.3, 0.4) is 0 Å². The first kappa shape index (κ1) is 8.53. The number of hydrogen-bond donors (Lipinski definition) is 2. The fourth-order valence-electron chi connectivity index (χ4n) is 1.37. The summed E-state index contributed by atoms with van der Waals surface area (Å²) in [5, 5.41) is 17.8. The molecule has 2 N–H and O–H groups in total. The summed E-state index contributed by atoms with van der Waals surface area (Å²) in [6.07, 6.45) is 0.893. The third kappa shape index (κ3) is 1.53. The van der Waals surface area contributed by atoms with Crippen molar-refractivity contribution in [2.24, 2.45) is 11.3 Å². The molecule has 0 amide bonds. The van der Waals surface area contributed by atoms with Gasteiger partial charge in [-0.05, 0) is 18.8 Å². The monoisotopic (exact) mass is 158 g/mol. The Morgan fingerprint density at radius 2 is 2.00 bits per heavy atom. The lowest BCUT2D eigenvalue weighted by Crippen LogP contribution is -2.37. The van der Waals surface area contributed by atoms with Gasteiger partial charge in [-0.1, -0.05) is 13.8 Å². The molecular formula is C8H14O3. The summed E-state index contributed by atoms with van der Waals surface area (Å²) in [5.74, 6) is -0.712. The Bertz CT molecular complexity index is 170. The number of aliphatic carboxylic acids is 1. The molecule has 1 rings (SSSR count). The highest BCUT2D eigenvalue weighted by atomic mass is 16.4. The van der Waals surface area contributed by atoms with E-state index in [1.807, 2.05) is 13.8 Å². The van der Waals surface area contributed by atoms with Crippen LogP contribution in [-0.2, 0) is 4.79 Å². The fourth-order valence-corrected chi connectivity index (χ4v) is 1.37. The number of carboxylic acid groups (broad SMARTS) is 1. The lowest BCUT2D eigenvalue weighted by Gasteiger charge is -2.27. The molecule has 11 heavy (non-hydrogen) atoms. The molecule has 0 bridgehead atoms. The topological polar surface area (TPSA) is 57.5 Å². The number of aliphatic hydroxyl groups is 1. The minimum absolute atomic E-state index is 0.397. The second-order valence-electron chi connectivity index (χ2n) is 3.84. The van der Waals surface area contributed by atoms with Crippen LogP contribution in [-0.4, -0.2) is 22.3 Å². The molecule has 3 nitrogen and oxygen atoms in total. The maximum absolute atomic E-state index is 10.4. The van der Waals surface area contributed by atoms with Crippen LogP contribution in [0.2, 0.25) is 0 Å². The lowest BCUT2D eigenvalue weighted by molar-refractivity contribution is -0.154. The van der Waals surface area contributed by atoms with Crippen LogP contribution in [0.15, 0.2) is 0 Å². The zero-order valence-corrected chi connectivity index (χ0v) is 6.87. The molecule has 3 heteroatoms. The SMILES string of the molecule is CC(C)(C1CC1)C(O)C(=O)O. The van der Waals surface area contributed by atoms with Crippen LogP contribution >= 0.6 is 0 Å². The number of aliphatic hydroxyl groups excluding tert-OH is 1. The number of carbonyl (C=O) groups is 1. The maximum Gasteiger partial charge on any atom is 0.333 e. The molecule has 0 heterocycles. The van der Waals surface area contributed by atoms with Gasteiger partial charge in [0.25, 0.3) is 0 Å². The number of hydrogen-bond acceptors (Lipinski definition) is 2. The average Bonchev–Trinajstić information content (AvgIpc) is 2.66. The van der Waals surface area contributed by atoms with E-state index in [0.717, 1.165) is 12.8 Å². The molecule has 1 saturated carbocycles. The van der Waals surface area contributed by atoms with Gasteiger partial charge in [0.05, 0.1) is 0 Å². The van der Waals surface area contributed by atoms with Crippen molar-refractivity contribution in [3.8, 4) is 0 Å². The molecule has 1 aliphatic carbocycles. The molecule has 1 aliphatic rings. The molecule has 1 atom stereocenters. The predicted molar refractivity (Wildman–Crippen MR) is 40.1 cm³/mol. The molecular weight excluding hydrogens is 144 g/mol. The normalized spacial score (nSPS) is 21.4. The van der Waals surface area contributed by atoms with Crippen LogP contribution in [0.1, 0.15) is 26.7 Å². The molecule has 0 aliphatic heterocycles. The van der Waals surface area contributed by atoms with Gasteiger partial charge in [0, 0.05) is 5.41 Å². The quantitative estimate of drug-likeness (QED) is 0.640. The highest BCUT2D eigenvalue weighted by Gasteiger charge is 2.45. The standard InChI is InChI=1S/C8H14O3/c1-8(2,5-3-4-5)6(9)7(10)11/h5-6,9H,3-4H2,1-2H3,(H,10,11). The first-order chi connectivity index (χ1) is 4.96. The average molecular weight is 158 g/mol. The summed E-state index contributed by atoms with van der Waals surface area (Å²) in [6, 6.07) is 0. The largest absolute Gasteiger partial charge is 0.479 e. The van der Waals surface area contributed by atoms with Crippen molar-refractivity contribution in [2.45, 2.75) is 32.8 Å². The third-order valence-corrected chi connectivity index (χ3v) is 2.57. The molecule has 0 saturated heterocycles. The van der Waals surface area contributed by atoms with Crippen LogP contribution < -0.4 is 0 Å². The highest BCUT2D eigenvalue weighted by Crippen LogP contribution is 2.47. The van der Waals surface area contributed by atoms with E-state index in [4.69, 9.17) is 5.11 Å². The molecule has 0 aromatic rings. The van der Waals surface area contributed by atoms with Crippen molar-refractivity contribution in [3.05, 3.63) is 0 Å². The summed E-state index contributed by atoms with van der Waals surface area (Å²) in [4.78, 5) is 10.4. The van der Waals surface area contributed by atoms with Crippen molar-refractivity contribution >= 4 is 5.97 Å². The van der Waals surface area contributed by atoms with E-state index in [1.54, 1.807) is 0 Å². The van der Waals surface area contributed by atoms with Gasteiger partial charge in [-0.2, -0.15) is 0 Å². The van der Waals surface area contributed by atoms with Gasteiger partial charge in [0.1, 0.15) is 0 Å². The van der Waals surface area contributed by atoms with Crippen molar-refractivity contribution < 1.29 is 15.0 Å². The number of carboxylic acids is 1. The second-order valence-corrected chi connectivity index (χ2v) is 3.84. The van der Waals surface area contributed by atoms with Crippen molar-refractivity contribution in [2.75, 3.05) is 0 Å². The molecule has 0 radical (unpaired) electrons. The zero-order valence-electron chi connectivity index (χ0n) is 6.87. The smallest absolute Gasteiger partial charge is 0.333 e. The Balaban J connectivity index is 2.61. The van der Waals surface area contributed by atoms with E-state index >= 15 is 0 Å². The Hall–Kier alpha value is -0.570. The van der Waals surface area contributed by atoms with E-state index in [-0.39, 0.29) is 0 Å². The Labute approximate surface area is 66.0 Å². The fraction of sp³-hybridized carbons (Fsp3) is 0.875. The molecule has 0 aromatic carbocycles. The molecule has 1 unspecified atom stereocenters. The van der Waals surface area contributed by atoms with Gasteiger partial charge in [-0.25, -0.2) is 4.79 Å². The van der Waals surface area contributed by atoms with Crippen molar-refractivity contribution in [1.82, 2.24) is 0 Å². The molecule has 0 spiro atoms. The van der Waals surface area contributed by atoms with Gasteiger partial charge in [0.2, 0.25) is 0 Å². The van der Waals surface area contributed by atoms with E-state index in [1.165, 1.54) is 0 Å². The summed E-state index contributed by atoms with van der Waals surface area (Å²) >= 11 is 0. The first-order valence-electron chi connectivity index (χ1n) is 3.87. The summed E-state index contributed by atoms with van der Waals surface area (Å²) in [7, 11) is 0. The molecule has 1 fully saturated rings. The Morgan fingerprint density at radius 3 is 2.27 bits per heavy atom. The van der Waals surface area contributed by atoms with Gasteiger partial charge in [0.15, 0.2) is 6.10 Å². The van der Waals surface area contributed by atoms with Gasteiger partial charge < -0.3 is 10.2 Å². The minimum atomic E-state index is -1.21. The molecule has 64 valence electrons. The number of rotatable bonds is 3. The van der Waals surface area contributed by atoms with Crippen molar-refractivity contribution in [1.29, 1.82) is 0 Å². The van der Waals surface area contributed by atoms with Gasteiger partial charge >= 0.3 is 5.97 Å². The highest BCUT2D eigenvalue weighted by molar-refractivity contribution is 5.73. The summed E-state index contributed by atoms with van der Waals surface area (Å²) < 4.78 is 0. The van der Waals surface area contributed by atoms with Crippen LogP contribution in [0.25, 0.3) is 0 Å². The van der Waals surface area contributed by atoms with Crippen LogP contribution in [0.4, 0.5) is 0 Å². The summed E-state index contributed by atoms with van der Waals surface area (Å²) in [5.41, 5.74) is -0.453. The Morgan fingerprint density at radius 1 is 1.55 bits per heavy atom. The first-order valence-corrected chi connectivity index (χ1v) is 3.87. The summed E-state index contributed by atoms with van der Waals surface area (Å²) in [6.45, 7) is 3.62. The zero-order chi connectivity index (χ0) is 8.65. The van der Waals surface area contributed by atoms with Gasteiger partial charge in [-0.15, -0.1) is 0 Å².